The quantitative estimate of drug-likeness (QED) is 0.561. The molecule has 0 aliphatic carbocycles. The van der Waals surface area contributed by atoms with Crippen molar-refractivity contribution in [1.82, 2.24) is 10.2 Å². The number of methoxy groups -OCH3 is 1. The van der Waals surface area contributed by atoms with E-state index in [0.717, 1.165) is 40.4 Å². The topological polar surface area (TPSA) is 71.8 Å². The molecule has 2 heterocycles. The summed E-state index contributed by atoms with van der Waals surface area (Å²) in [5.41, 5.74) is 4.17. The van der Waals surface area contributed by atoms with Crippen molar-refractivity contribution < 1.29 is 19.5 Å². The van der Waals surface area contributed by atoms with Crippen LogP contribution in [-0.2, 0) is 0 Å². The third-order valence-corrected chi connectivity index (χ3v) is 5.96. The standard InChI is InChI=1S/C24H29N3O3/c1-17-22(30-15-14-27-12-4-3-5-13-27)11-10-20(24(17)28)23-21(16-25-26-23)18-6-8-19(29-2)9-7-18/h6-11,16,28H,3-5,12-15H2,1-2H3,(H,25,26)/p+1. The maximum atomic E-state index is 10.9. The molecule has 1 fully saturated rings. The SMILES string of the molecule is COc1ccc(-c2cn[nH]c2-c2ccc(OCC[NH+]3CCCCC3)c(C)c2O)cc1. The number of aromatic amines is 1. The van der Waals surface area contributed by atoms with Gasteiger partial charge in [-0.15, -0.1) is 0 Å². The highest BCUT2D eigenvalue weighted by atomic mass is 16.5. The second kappa shape index (κ2) is 9.22. The van der Waals surface area contributed by atoms with Gasteiger partial charge in [0.1, 0.15) is 30.4 Å². The number of piperidine rings is 1. The molecule has 6 heteroatoms. The zero-order valence-electron chi connectivity index (χ0n) is 17.7. The second-order valence-electron chi connectivity index (χ2n) is 7.88. The van der Waals surface area contributed by atoms with Gasteiger partial charge in [-0.25, -0.2) is 0 Å². The number of ether oxygens (including phenoxy) is 2. The first-order valence-corrected chi connectivity index (χ1v) is 10.6. The van der Waals surface area contributed by atoms with Crippen LogP contribution < -0.4 is 14.4 Å². The summed E-state index contributed by atoms with van der Waals surface area (Å²) in [6, 6.07) is 11.6. The van der Waals surface area contributed by atoms with Gasteiger partial charge < -0.3 is 19.5 Å². The lowest BCUT2D eigenvalue weighted by Gasteiger charge is -2.23. The van der Waals surface area contributed by atoms with Crippen LogP contribution in [0.2, 0.25) is 0 Å². The zero-order chi connectivity index (χ0) is 20.9. The Kier molecular flexibility index (Phi) is 6.23. The van der Waals surface area contributed by atoms with E-state index in [-0.39, 0.29) is 5.75 Å². The first-order valence-electron chi connectivity index (χ1n) is 10.6. The summed E-state index contributed by atoms with van der Waals surface area (Å²) in [7, 11) is 1.65. The van der Waals surface area contributed by atoms with Crippen molar-refractivity contribution in [3.8, 4) is 39.6 Å². The number of likely N-dealkylation sites (tertiary alicyclic amines) is 1. The molecule has 3 aromatic rings. The minimum Gasteiger partial charge on any atom is -0.507 e. The Hall–Kier alpha value is -2.99. The number of nitrogens with one attached hydrogen (secondary N) is 2. The van der Waals surface area contributed by atoms with Crippen molar-refractivity contribution in [2.75, 3.05) is 33.4 Å². The molecule has 0 saturated carbocycles. The number of H-pyrrole nitrogens is 1. The molecule has 0 atom stereocenters. The molecule has 1 aliphatic rings. The molecule has 30 heavy (non-hydrogen) atoms. The van der Waals surface area contributed by atoms with Gasteiger partial charge in [0, 0.05) is 16.7 Å². The van der Waals surface area contributed by atoms with Crippen LogP contribution in [0.1, 0.15) is 24.8 Å². The lowest BCUT2D eigenvalue weighted by atomic mass is 9.99. The lowest BCUT2D eigenvalue weighted by molar-refractivity contribution is -0.904. The van der Waals surface area contributed by atoms with Crippen LogP contribution in [0.25, 0.3) is 22.4 Å². The van der Waals surface area contributed by atoms with Gasteiger partial charge in [0.15, 0.2) is 0 Å². The number of rotatable bonds is 7. The van der Waals surface area contributed by atoms with E-state index >= 15 is 0 Å². The molecule has 1 aliphatic heterocycles. The van der Waals surface area contributed by atoms with Crippen LogP contribution in [0, 0.1) is 6.92 Å². The van der Waals surface area contributed by atoms with Crippen LogP contribution in [0.5, 0.6) is 17.2 Å². The Bertz CT molecular complexity index is 976. The molecule has 1 saturated heterocycles. The predicted octanol–water partition coefficient (Wildman–Crippen LogP) is 3.21. The number of nitrogens with zero attached hydrogens (tertiary/aromatic N) is 1. The largest absolute Gasteiger partial charge is 0.507 e. The Morgan fingerprint density at radius 2 is 1.80 bits per heavy atom. The monoisotopic (exact) mass is 408 g/mol. The third kappa shape index (κ3) is 4.28. The van der Waals surface area contributed by atoms with Crippen molar-refractivity contribution in [3.63, 3.8) is 0 Å². The number of benzene rings is 2. The number of phenols is 1. The number of aromatic nitrogens is 2. The Morgan fingerprint density at radius 3 is 2.53 bits per heavy atom. The second-order valence-corrected chi connectivity index (χ2v) is 7.88. The first-order chi connectivity index (χ1) is 14.7. The van der Waals surface area contributed by atoms with Crippen molar-refractivity contribution >= 4 is 0 Å². The number of quaternary nitrogens is 1. The number of hydrogen-bond donors (Lipinski definition) is 3. The first kappa shape index (κ1) is 20.3. The fraction of sp³-hybridized carbons (Fsp3) is 0.375. The normalized spacial score (nSPS) is 14.6. The van der Waals surface area contributed by atoms with Crippen LogP contribution >= 0.6 is 0 Å². The summed E-state index contributed by atoms with van der Waals surface area (Å²) in [5.74, 6) is 1.75. The average molecular weight is 409 g/mol. The molecule has 2 aromatic carbocycles. The molecule has 0 spiro atoms. The molecule has 0 bridgehead atoms. The Labute approximate surface area is 177 Å². The minimum absolute atomic E-state index is 0.219. The van der Waals surface area contributed by atoms with Gasteiger partial charge in [0.25, 0.3) is 0 Å². The summed E-state index contributed by atoms with van der Waals surface area (Å²) >= 11 is 0. The zero-order valence-corrected chi connectivity index (χ0v) is 17.7. The molecule has 158 valence electrons. The van der Waals surface area contributed by atoms with Crippen molar-refractivity contribution in [2.24, 2.45) is 0 Å². The van der Waals surface area contributed by atoms with Gasteiger partial charge in [-0.1, -0.05) is 12.1 Å². The van der Waals surface area contributed by atoms with E-state index in [9.17, 15) is 5.11 Å². The summed E-state index contributed by atoms with van der Waals surface area (Å²) in [6.07, 6.45) is 5.75. The van der Waals surface area contributed by atoms with E-state index in [0.29, 0.717) is 12.2 Å². The smallest absolute Gasteiger partial charge is 0.137 e. The van der Waals surface area contributed by atoms with E-state index in [2.05, 4.69) is 10.2 Å². The van der Waals surface area contributed by atoms with E-state index in [1.54, 1.807) is 18.2 Å². The average Bonchev–Trinajstić information content (AvgIpc) is 3.27. The molecular weight excluding hydrogens is 378 g/mol. The van der Waals surface area contributed by atoms with E-state index in [4.69, 9.17) is 9.47 Å². The Morgan fingerprint density at radius 1 is 1.03 bits per heavy atom. The van der Waals surface area contributed by atoms with Crippen LogP contribution in [0.4, 0.5) is 0 Å². The molecule has 3 N–H and O–H groups in total. The van der Waals surface area contributed by atoms with Crippen LogP contribution in [0.3, 0.4) is 0 Å². The maximum Gasteiger partial charge on any atom is 0.137 e. The molecule has 0 radical (unpaired) electrons. The Balaban J connectivity index is 1.51. The van der Waals surface area contributed by atoms with E-state index in [1.807, 2.05) is 43.3 Å². The van der Waals surface area contributed by atoms with Crippen molar-refractivity contribution in [1.29, 1.82) is 0 Å². The molecule has 0 unspecified atom stereocenters. The lowest BCUT2D eigenvalue weighted by Crippen LogP contribution is -3.13. The molecule has 0 amide bonds. The molecule has 1 aromatic heterocycles. The summed E-state index contributed by atoms with van der Waals surface area (Å²) < 4.78 is 11.3. The van der Waals surface area contributed by atoms with Crippen molar-refractivity contribution in [3.05, 3.63) is 48.2 Å². The number of phenolic OH excluding ortho intramolecular Hbond substituents is 1. The molecule has 6 nitrogen and oxygen atoms in total. The van der Waals surface area contributed by atoms with Gasteiger partial charge in [0.2, 0.25) is 0 Å². The highest BCUT2D eigenvalue weighted by molar-refractivity contribution is 5.84. The van der Waals surface area contributed by atoms with Gasteiger partial charge in [0.05, 0.1) is 32.1 Å². The highest BCUT2D eigenvalue weighted by Gasteiger charge is 2.18. The van der Waals surface area contributed by atoms with Crippen LogP contribution in [-0.4, -0.2) is 48.7 Å². The molecule has 4 rings (SSSR count). The highest BCUT2D eigenvalue weighted by Crippen LogP contribution is 2.40. The van der Waals surface area contributed by atoms with Gasteiger partial charge in [-0.05, 0) is 56.0 Å². The van der Waals surface area contributed by atoms with Gasteiger partial charge in [-0.2, -0.15) is 5.10 Å². The van der Waals surface area contributed by atoms with Crippen molar-refractivity contribution in [2.45, 2.75) is 26.2 Å². The molecular formula is C24H30N3O3+. The third-order valence-electron chi connectivity index (χ3n) is 5.96. The number of aromatic hydroxyl groups is 1. The number of hydrogen-bond acceptors (Lipinski definition) is 4. The van der Waals surface area contributed by atoms with Crippen LogP contribution in [0.15, 0.2) is 42.6 Å². The summed E-state index contributed by atoms with van der Waals surface area (Å²) in [5, 5.41) is 18.1. The minimum atomic E-state index is 0.219. The fourth-order valence-corrected chi connectivity index (χ4v) is 4.13. The fourth-order valence-electron chi connectivity index (χ4n) is 4.13. The summed E-state index contributed by atoms with van der Waals surface area (Å²) in [4.78, 5) is 1.61. The predicted molar refractivity (Wildman–Crippen MR) is 117 cm³/mol. The van der Waals surface area contributed by atoms with E-state index < -0.39 is 0 Å². The van der Waals surface area contributed by atoms with Gasteiger partial charge >= 0.3 is 0 Å². The van der Waals surface area contributed by atoms with Gasteiger partial charge in [-0.3, -0.25) is 5.10 Å². The summed E-state index contributed by atoms with van der Waals surface area (Å²) in [6.45, 7) is 6.03. The van der Waals surface area contributed by atoms with E-state index in [1.165, 1.54) is 32.4 Å². The maximum absolute atomic E-state index is 10.9.